The number of hydrogen-bond acceptors (Lipinski definition) is 4. The molecule has 2 aromatic rings. The number of aryl methyl sites for hydroxylation is 2. The number of carbonyl (C=O) groups excluding carboxylic acids is 1. The van der Waals surface area contributed by atoms with Gasteiger partial charge in [-0.25, -0.2) is 0 Å². The van der Waals surface area contributed by atoms with Crippen molar-refractivity contribution in [1.82, 2.24) is 14.7 Å². The minimum atomic E-state index is -0.320. The van der Waals surface area contributed by atoms with Crippen LogP contribution in [0.15, 0.2) is 30.5 Å². The second-order valence-corrected chi connectivity index (χ2v) is 7.41. The molecule has 0 aliphatic carbocycles. The number of methoxy groups -OCH3 is 1. The van der Waals surface area contributed by atoms with Gasteiger partial charge in [0.25, 0.3) is 0 Å². The lowest BCUT2D eigenvalue weighted by atomic mass is 9.78. The Morgan fingerprint density at radius 1 is 1.30 bits per heavy atom. The topological polar surface area (TPSA) is 56.6 Å². The number of amides is 1. The Labute approximate surface area is 160 Å². The van der Waals surface area contributed by atoms with Crippen molar-refractivity contribution in [3.8, 4) is 5.75 Å². The lowest BCUT2D eigenvalue weighted by Gasteiger charge is -2.45. The quantitative estimate of drug-likeness (QED) is 0.831. The molecule has 1 aromatic carbocycles. The normalized spacial score (nSPS) is 18.4. The molecule has 4 rings (SSSR count). The summed E-state index contributed by atoms with van der Waals surface area (Å²) in [6.07, 6.45) is 5.57. The fourth-order valence-electron chi connectivity index (χ4n) is 4.45. The maximum atomic E-state index is 12.7. The van der Waals surface area contributed by atoms with Gasteiger partial charge in [0, 0.05) is 44.0 Å². The molecule has 2 aliphatic heterocycles. The van der Waals surface area contributed by atoms with Crippen LogP contribution in [0.5, 0.6) is 5.75 Å². The van der Waals surface area contributed by atoms with Gasteiger partial charge >= 0.3 is 0 Å². The summed E-state index contributed by atoms with van der Waals surface area (Å²) < 4.78 is 13.8. The average Bonchev–Trinajstić information content (AvgIpc) is 3.11. The van der Waals surface area contributed by atoms with Crippen LogP contribution in [-0.4, -0.2) is 47.4 Å². The lowest BCUT2D eigenvalue weighted by Crippen LogP contribution is -2.48. The Morgan fingerprint density at radius 2 is 2.11 bits per heavy atom. The van der Waals surface area contributed by atoms with E-state index in [1.807, 2.05) is 34.8 Å². The van der Waals surface area contributed by atoms with Gasteiger partial charge in [0.15, 0.2) is 0 Å². The number of rotatable bonds is 4. The average molecular weight is 369 g/mol. The van der Waals surface area contributed by atoms with Crippen molar-refractivity contribution in [1.29, 1.82) is 0 Å². The number of hydrogen-bond donors (Lipinski definition) is 0. The van der Waals surface area contributed by atoms with Gasteiger partial charge in [-0.2, -0.15) is 5.10 Å². The Morgan fingerprint density at radius 3 is 2.81 bits per heavy atom. The van der Waals surface area contributed by atoms with Gasteiger partial charge in [-0.05, 0) is 43.4 Å². The van der Waals surface area contributed by atoms with Crippen LogP contribution in [0.4, 0.5) is 0 Å². The highest BCUT2D eigenvalue weighted by molar-refractivity contribution is 5.76. The number of likely N-dealkylation sites (tertiary alicyclic amines) is 1. The van der Waals surface area contributed by atoms with Gasteiger partial charge in [0.2, 0.25) is 5.91 Å². The third-order valence-electron chi connectivity index (χ3n) is 5.98. The molecular weight excluding hydrogens is 342 g/mol. The van der Waals surface area contributed by atoms with E-state index in [4.69, 9.17) is 9.47 Å². The summed E-state index contributed by atoms with van der Waals surface area (Å²) in [5.41, 5.74) is 3.28. The standard InChI is InChI=1S/C21H27N3O3/c1-23-17(8-12-22-23)6-7-19(25)24-13-10-21(11-14-24)20-16(9-15-27-21)4-3-5-18(20)26-2/h3-5,8,12H,6-7,9-11,13-15H2,1-2H3. The predicted octanol–water partition coefficient (Wildman–Crippen LogP) is 2.45. The molecule has 1 aromatic heterocycles. The van der Waals surface area contributed by atoms with Gasteiger partial charge in [0.1, 0.15) is 11.4 Å². The maximum Gasteiger partial charge on any atom is 0.222 e. The first-order chi connectivity index (χ1) is 13.1. The van der Waals surface area contributed by atoms with E-state index in [0.717, 1.165) is 56.8 Å². The summed E-state index contributed by atoms with van der Waals surface area (Å²) in [5.74, 6) is 1.12. The zero-order valence-corrected chi connectivity index (χ0v) is 16.1. The molecule has 0 unspecified atom stereocenters. The van der Waals surface area contributed by atoms with Crippen molar-refractivity contribution in [2.24, 2.45) is 7.05 Å². The molecular formula is C21H27N3O3. The van der Waals surface area contributed by atoms with Crippen LogP contribution in [0.25, 0.3) is 0 Å². The van der Waals surface area contributed by atoms with E-state index in [0.29, 0.717) is 6.42 Å². The Balaban J connectivity index is 1.44. The predicted molar refractivity (Wildman–Crippen MR) is 102 cm³/mol. The van der Waals surface area contributed by atoms with Crippen molar-refractivity contribution in [3.63, 3.8) is 0 Å². The van der Waals surface area contributed by atoms with Crippen molar-refractivity contribution >= 4 is 5.91 Å². The van der Waals surface area contributed by atoms with Gasteiger partial charge in [-0.3, -0.25) is 9.48 Å². The van der Waals surface area contributed by atoms with E-state index in [1.165, 1.54) is 11.1 Å². The number of piperidine rings is 1. The molecule has 1 saturated heterocycles. The molecule has 0 radical (unpaired) electrons. The zero-order valence-electron chi connectivity index (χ0n) is 16.1. The van der Waals surface area contributed by atoms with E-state index in [9.17, 15) is 4.79 Å². The van der Waals surface area contributed by atoms with Crippen LogP contribution in [0.3, 0.4) is 0 Å². The third kappa shape index (κ3) is 3.34. The minimum Gasteiger partial charge on any atom is -0.496 e. The van der Waals surface area contributed by atoms with Gasteiger partial charge in [0.05, 0.1) is 13.7 Å². The van der Waals surface area contributed by atoms with Crippen LogP contribution in [0.1, 0.15) is 36.1 Å². The van der Waals surface area contributed by atoms with E-state index in [-0.39, 0.29) is 11.5 Å². The minimum absolute atomic E-state index is 0.210. The fourth-order valence-corrected chi connectivity index (χ4v) is 4.45. The summed E-state index contributed by atoms with van der Waals surface area (Å²) in [6, 6.07) is 8.21. The molecule has 2 aliphatic rings. The first kappa shape index (κ1) is 18.0. The second-order valence-electron chi connectivity index (χ2n) is 7.41. The largest absolute Gasteiger partial charge is 0.496 e. The molecule has 6 heteroatoms. The van der Waals surface area contributed by atoms with E-state index >= 15 is 0 Å². The van der Waals surface area contributed by atoms with Crippen molar-refractivity contribution in [2.45, 2.75) is 37.7 Å². The highest BCUT2D eigenvalue weighted by atomic mass is 16.5. The van der Waals surface area contributed by atoms with Gasteiger partial charge in [-0.15, -0.1) is 0 Å². The molecule has 3 heterocycles. The SMILES string of the molecule is COc1cccc2c1C1(CCN(C(=O)CCc3ccnn3C)CC1)OCC2. The number of fused-ring (bicyclic) bond motifs is 2. The summed E-state index contributed by atoms with van der Waals surface area (Å²) in [4.78, 5) is 14.7. The van der Waals surface area contributed by atoms with Gasteiger partial charge in [-0.1, -0.05) is 12.1 Å². The Kier molecular flexibility index (Phi) is 4.91. The van der Waals surface area contributed by atoms with Crippen molar-refractivity contribution in [2.75, 3.05) is 26.8 Å². The number of benzene rings is 1. The molecule has 1 amide bonds. The van der Waals surface area contributed by atoms with Crippen LogP contribution < -0.4 is 4.74 Å². The number of carbonyl (C=O) groups is 1. The van der Waals surface area contributed by atoms with Crippen molar-refractivity contribution in [3.05, 3.63) is 47.3 Å². The number of ether oxygens (including phenoxy) is 2. The van der Waals surface area contributed by atoms with Crippen LogP contribution in [0.2, 0.25) is 0 Å². The summed E-state index contributed by atoms with van der Waals surface area (Å²) in [5, 5.41) is 4.17. The van der Waals surface area contributed by atoms with Crippen LogP contribution >= 0.6 is 0 Å². The molecule has 1 spiro atoms. The summed E-state index contributed by atoms with van der Waals surface area (Å²) in [7, 11) is 3.63. The fraction of sp³-hybridized carbons (Fsp3) is 0.524. The molecule has 144 valence electrons. The first-order valence-corrected chi connectivity index (χ1v) is 9.68. The van der Waals surface area contributed by atoms with E-state index < -0.39 is 0 Å². The zero-order chi connectivity index (χ0) is 18.9. The molecule has 27 heavy (non-hydrogen) atoms. The van der Waals surface area contributed by atoms with E-state index in [1.54, 1.807) is 13.3 Å². The molecule has 0 saturated carbocycles. The molecule has 6 nitrogen and oxygen atoms in total. The first-order valence-electron chi connectivity index (χ1n) is 9.68. The van der Waals surface area contributed by atoms with Crippen LogP contribution in [-0.2, 0) is 35.0 Å². The monoisotopic (exact) mass is 369 g/mol. The molecule has 0 atom stereocenters. The van der Waals surface area contributed by atoms with Crippen LogP contribution in [0, 0.1) is 0 Å². The second kappa shape index (κ2) is 7.35. The summed E-state index contributed by atoms with van der Waals surface area (Å²) in [6.45, 7) is 2.18. The third-order valence-corrected chi connectivity index (χ3v) is 5.98. The number of nitrogens with zero attached hydrogens (tertiary/aromatic N) is 3. The maximum absolute atomic E-state index is 12.7. The molecule has 0 bridgehead atoms. The summed E-state index contributed by atoms with van der Waals surface area (Å²) >= 11 is 0. The molecule has 0 N–H and O–H groups in total. The smallest absolute Gasteiger partial charge is 0.222 e. The van der Waals surface area contributed by atoms with Crippen molar-refractivity contribution < 1.29 is 14.3 Å². The Bertz CT molecular complexity index is 808. The highest BCUT2D eigenvalue weighted by Crippen LogP contribution is 2.45. The number of aromatic nitrogens is 2. The Hall–Kier alpha value is -2.34. The molecule has 1 fully saturated rings. The van der Waals surface area contributed by atoms with Gasteiger partial charge < -0.3 is 14.4 Å². The highest BCUT2D eigenvalue weighted by Gasteiger charge is 2.43. The van der Waals surface area contributed by atoms with E-state index in [2.05, 4.69) is 11.2 Å². The lowest BCUT2D eigenvalue weighted by molar-refractivity contribution is -0.140.